The number of hydrogen-bond donors (Lipinski definition) is 1. The number of esters is 1. The van der Waals surface area contributed by atoms with Crippen molar-refractivity contribution in [2.24, 2.45) is 0 Å². The van der Waals surface area contributed by atoms with Gasteiger partial charge in [0.05, 0.1) is 25.3 Å². The van der Waals surface area contributed by atoms with Crippen LogP contribution in [0, 0.1) is 0 Å². The van der Waals surface area contributed by atoms with Gasteiger partial charge in [-0.25, -0.2) is 4.79 Å². The maximum Gasteiger partial charge on any atom is 0.338 e. The van der Waals surface area contributed by atoms with Crippen LogP contribution >= 0.6 is 23.6 Å². The first-order chi connectivity index (χ1) is 13.6. The van der Waals surface area contributed by atoms with Crippen molar-refractivity contribution in [2.45, 2.75) is 13.0 Å². The van der Waals surface area contributed by atoms with Crippen LogP contribution in [0.4, 0.5) is 5.69 Å². The molecular weight excluding hydrogens is 396 g/mol. The number of anilines is 1. The van der Waals surface area contributed by atoms with E-state index in [-0.39, 0.29) is 18.6 Å². The first-order valence-electron chi connectivity index (χ1n) is 8.71. The molecule has 0 saturated carbocycles. The van der Waals surface area contributed by atoms with Gasteiger partial charge in [-0.3, -0.25) is 4.90 Å². The number of rotatable bonds is 7. The average Bonchev–Trinajstić information content (AvgIpc) is 3.23. The molecule has 2 aromatic rings. The summed E-state index contributed by atoms with van der Waals surface area (Å²) in [7, 11) is 3.19. The van der Waals surface area contributed by atoms with Crippen molar-refractivity contribution in [1.82, 2.24) is 5.32 Å². The van der Waals surface area contributed by atoms with Crippen LogP contribution in [0.3, 0.4) is 0 Å². The molecule has 0 unspecified atom stereocenters. The third kappa shape index (κ3) is 4.19. The fourth-order valence-electron chi connectivity index (χ4n) is 3.01. The molecule has 2 heterocycles. The normalized spacial score (nSPS) is 16.8. The fourth-order valence-corrected chi connectivity index (χ4v) is 4.16. The zero-order chi connectivity index (χ0) is 20.1. The molecule has 3 rings (SSSR count). The Morgan fingerprint density at radius 3 is 2.57 bits per heavy atom. The van der Waals surface area contributed by atoms with Crippen molar-refractivity contribution < 1.29 is 19.0 Å². The average molecular weight is 419 g/mol. The Labute approximate surface area is 173 Å². The van der Waals surface area contributed by atoms with Crippen LogP contribution in [0.25, 0.3) is 0 Å². The molecule has 1 aromatic carbocycles. The lowest BCUT2D eigenvalue weighted by atomic mass is 10.0. The predicted octanol–water partition coefficient (Wildman–Crippen LogP) is 3.66. The molecule has 1 N–H and O–H groups in total. The van der Waals surface area contributed by atoms with E-state index in [2.05, 4.69) is 5.32 Å². The SMILES string of the molecule is COCCOC(=O)C1=C(C)N(c2ccc(OC)cc2)C(=S)N[C@H]1c1cccs1. The molecule has 0 spiro atoms. The minimum absolute atomic E-state index is 0.191. The number of carbonyl (C=O) groups is 1. The first-order valence-corrected chi connectivity index (χ1v) is 10.0. The lowest BCUT2D eigenvalue weighted by Gasteiger charge is -2.37. The number of hydrogen-bond acceptors (Lipinski definition) is 6. The van der Waals surface area contributed by atoms with Crippen LogP contribution in [-0.2, 0) is 14.3 Å². The maximum atomic E-state index is 12.9. The summed E-state index contributed by atoms with van der Waals surface area (Å²) in [5, 5.41) is 5.79. The molecule has 1 atom stereocenters. The van der Waals surface area contributed by atoms with E-state index in [0.717, 1.165) is 22.0 Å². The van der Waals surface area contributed by atoms with Crippen molar-refractivity contribution in [2.75, 3.05) is 32.3 Å². The summed E-state index contributed by atoms with van der Waals surface area (Å²) in [6.45, 7) is 2.41. The van der Waals surface area contributed by atoms with Crippen molar-refractivity contribution in [3.8, 4) is 5.75 Å². The van der Waals surface area contributed by atoms with Gasteiger partial charge in [0.25, 0.3) is 0 Å². The molecule has 1 aromatic heterocycles. The monoisotopic (exact) mass is 418 g/mol. The lowest BCUT2D eigenvalue weighted by Crippen LogP contribution is -2.48. The summed E-state index contributed by atoms with van der Waals surface area (Å²) in [5.74, 6) is 0.360. The quantitative estimate of drug-likeness (QED) is 0.418. The number of nitrogens with one attached hydrogen (secondary N) is 1. The van der Waals surface area contributed by atoms with Gasteiger partial charge in [0.15, 0.2) is 5.11 Å². The summed E-state index contributed by atoms with van der Waals surface area (Å²) >= 11 is 7.19. The maximum absolute atomic E-state index is 12.9. The number of carbonyl (C=O) groups excluding carboxylic acids is 1. The number of nitrogens with zero attached hydrogens (tertiary/aromatic N) is 1. The van der Waals surface area contributed by atoms with Gasteiger partial charge in [0.1, 0.15) is 12.4 Å². The minimum atomic E-state index is -0.388. The predicted molar refractivity (Wildman–Crippen MR) is 114 cm³/mol. The van der Waals surface area contributed by atoms with E-state index in [1.165, 1.54) is 0 Å². The highest BCUT2D eigenvalue weighted by molar-refractivity contribution is 7.80. The molecule has 0 fully saturated rings. The van der Waals surface area contributed by atoms with Crippen molar-refractivity contribution in [3.63, 3.8) is 0 Å². The largest absolute Gasteiger partial charge is 0.497 e. The number of allylic oxidation sites excluding steroid dienone is 1. The van der Waals surface area contributed by atoms with Crippen molar-refractivity contribution in [3.05, 3.63) is 57.9 Å². The van der Waals surface area contributed by atoms with Gasteiger partial charge in [-0.15, -0.1) is 11.3 Å². The van der Waals surface area contributed by atoms with Crippen LogP contribution < -0.4 is 15.0 Å². The molecule has 0 amide bonds. The van der Waals surface area contributed by atoms with E-state index < -0.39 is 0 Å². The van der Waals surface area contributed by atoms with Crippen LogP contribution in [0.1, 0.15) is 17.8 Å². The van der Waals surface area contributed by atoms with Gasteiger partial charge < -0.3 is 19.5 Å². The summed E-state index contributed by atoms with van der Waals surface area (Å²) in [6.07, 6.45) is 0. The second kappa shape index (κ2) is 9.18. The molecular formula is C20H22N2O4S2. The fraction of sp³-hybridized carbons (Fsp3) is 0.300. The third-order valence-corrected chi connectivity index (χ3v) is 5.62. The van der Waals surface area contributed by atoms with E-state index >= 15 is 0 Å². The van der Waals surface area contributed by atoms with Crippen LogP contribution in [-0.4, -0.2) is 38.5 Å². The number of ether oxygens (including phenoxy) is 3. The molecule has 0 radical (unpaired) electrons. The van der Waals surface area contributed by atoms with Gasteiger partial charge in [0.2, 0.25) is 0 Å². The number of thiocarbonyl (C=S) groups is 1. The van der Waals surface area contributed by atoms with Gasteiger partial charge >= 0.3 is 5.97 Å². The summed E-state index contributed by atoms with van der Waals surface area (Å²) < 4.78 is 15.6. The van der Waals surface area contributed by atoms with Gasteiger partial charge in [-0.1, -0.05) is 6.07 Å². The molecule has 6 nitrogen and oxygen atoms in total. The van der Waals surface area contributed by atoms with Crippen LogP contribution in [0.2, 0.25) is 0 Å². The van der Waals surface area contributed by atoms with Crippen LogP contribution in [0.15, 0.2) is 53.0 Å². The molecule has 1 aliphatic heterocycles. The van der Waals surface area contributed by atoms with E-state index in [4.69, 9.17) is 26.4 Å². The lowest BCUT2D eigenvalue weighted by molar-refractivity contribution is -0.140. The van der Waals surface area contributed by atoms with E-state index in [1.807, 2.05) is 53.6 Å². The summed E-state index contributed by atoms with van der Waals surface area (Å²) in [4.78, 5) is 15.7. The van der Waals surface area contributed by atoms with Gasteiger partial charge in [0, 0.05) is 23.4 Å². The Bertz CT molecular complexity index is 863. The highest BCUT2D eigenvalue weighted by Gasteiger charge is 2.36. The topological polar surface area (TPSA) is 60.0 Å². The Hall–Kier alpha value is -2.42. The molecule has 0 aliphatic carbocycles. The number of thiophene rings is 1. The molecule has 0 bridgehead atoms. The molecule has 0 saturated heterocycles. The molecule has 28 heavy (non-hydrogen) atoms. The van der Waals surface area contributed by atoms with Crippen LogP contribution in [0.5, 0.6) is 5.75 Å². The first kappa shape index (κ1) is 20.3. The second-order valence-corrected chi connectivity index (χ2v) is 7.43. The Balaban J connectivity index is 2.01. The van der Waals surface area contributed by atoms with E-state index in [0.29, 0.717) is 17.3 Å². The highest BCUT2D eigenvalue weighted by Crippen LogP contribution is 2.36. The third-order valence-electron chi connectivity index (χ3n) is 4.38. The zero-order valence-electron chi connectivity index (χ0n) is 15.9. The van der Waals surface area contributed by atoms with Crippen molar-refractivity contribution in [1.29, 1.82) is 0 Å². The Morgan fingerprint density at radius 1 is 1.21 bits per heavy atom. The van der Waals surface area contributed by atoms with Gasteiger partial charge in [-0.05, 0) is 54.9 Å². The molecule has 8 heteroatoms. The van der Waals surface area contributed by atoms with Crippen molar-refractivity contribution >= 4 is 40.3 Å². The molecule has 148 valence electrons. The number of methoxy groups -OCH3 is 2. The van der Waals surface area contributed by atoms with Gasteiger partial charge in [-0.2, -0.15) is 0 Å². The summed E-state index contributed by atoms with van der Waals surface area (Å²) in [5.41, 5.74) is 2.10. The Morgan fingerprint density at radius 2 is 1.96 bits per heavy atom. The Kier molecular flexibility index (Phi) is 6.66. The summed E-state index contributed by atoms with van der Waals surface area (Å²) in [6, 6.07) is 11.1. The van der Waals surface area contributed by atoms with E-state index in [9.17, 15) is 4.79 Å². The van der Waals surface area contributed by atoms with E-state index in [1.54, 1.807) is 25.6 Å². The minimum Gasteiger partial charge on any atom is -0.497 e. The standard InChI is InChI=1S/C20H22N2O4S2/c1-13-17(19(23)26-11-10-24-2)18(16-5-4-12-28-16)21-20(27)22(13)14-6-8-15(25-3)9-7-14/h4-9,12,18H,10-11H2,1-3H3,(H,21,27)/t18-/m0/s1. The zero-order valence-corrected chi connectivity index (χ0v) is 17.6. The molecule has 1 aliphatic rings. The second-order valence-electron chi connectivity index (χ2n) is 6.06. The number of benzene rings is 1. The smallest absolute Gasteiger partial charge is 0.338 e. The highest BCUT2D eigenvalue weighted by atomic mass is 32.1.